The number of aliphatic hydroxyl groups excluding tert-OH is 1. The van der Waals surface area contributed by atoms with Crippen LogP contribution < -0.4 is 4.74 Å². The minimum Gasteiger partial charge on any atom is -0.508 e. The van der Waals surface area contributed by atoms with Crippen molar-refractivity contribution in [1.82, 2.24) is 0 Å². The highest BCUT2D eigenvalue weighted by Crippen LogP contribution is 2.40. The molecule has 1 aliphatic heterocycles. The number of hydrogen-bond donors (Lipinski definition) is 2. The summed E-state index contributed by atoms with van der Waals surface area (Å²) in [5.41, 5.74) is 0.242. The molecular formula is C15H18O5. The van der Waals surface area contributed by atoms with E-state index in [2.05, 4.69) is 0 Å². The maximum Gasteiger partial charge on any atom is 0.343 e. The Hall–Kier alpha value is -2.01. The average Bonchev–Trinajstić information content (AvgIpc) is 2.44. The number of rotatable bonds is 4. The number of aliphatic hydroxyl groups is 1. The number of methoxy groups -OCH3 is 1. The average molecular weight is 278 g/mol. The molecule has 5 heteroatoms. The molecule has 2 atom stereocenters. The number of aromatic hydroxyl groups is 1. The molecule has 0 aromatic heterocycles. The molecule has 1 aliphatic rings. The van der Waals surface area contributed by atoms with E-state index < -0.39 is 18.2 Å². The van der Waals surface area contributed by atoms with Crippen LogP contribution in [0.15, 0.2) is 24.3 Å². The van der Waals surface area contributed by atoms with Crippen molar-refractivity contribution in [3.63, 3.8) is 0 Å². The van der Waals surface area contributed by atoms with E-state index in [0.29, 0.717) is 0 Å². The molecule has 5 nitrogen and oxygen atoms in total. The normalized spacial score (nSPS) is 21.6. The van der Waals surface area contributed by atoms with Gasteiger partial charge in [-0.25, -0.2) is 4.79 Å². The third kappa shape index (κ3) is 2.49. The molecule has 0 spiro atoms. The Balaban J connectivity index is 2.42. The van der Waals surface area contributed by atoms with Gasteiger partial charge in [0.25, 0.3) is 0 Å². The van der Waals surface area contributed by atoms with Gasteiger partial charge in [-0.15, -0.1) is 0 Å². The van der Waals surface area contributed by atoms with Gasteiger partial charge in [-0.05, 0) is 24.6 Å². The lowest BCUT2D eigenvalue weighted by atomic mass is 9.93. The van der Waals surface area contributed by atoms with Gasteiger partial charge in [0.2, 0.25) is 0 Å². The lowest BCUT2D eigenvalue weighted by Crippen LogP contribution is -2.31. The largest absolute Gasteiger partial charge is 0.508 e. The fourth-order valence-corrected chi connectivity index (χ4v) is 2.22. The first-order valence-electron chi connectivity index (χ1n) is 6.55. The number of benzene rings is 1. The zero-order valence-electron chi connectivity index (χ0n) is 11.5. The molecule has 0 radical (unpaired) electrons. The Bertz CT molecular complexity index is 535. The summed E-state index contributed by atoms with van der Waals surface area (Å²) in [5, 5.41) is 20.2. The summed E-state index contributed by atoms with van der Waals surface area (Å²) in [6.45, 7) is 2.03. The number of carbonyl (C=O) groups is 1. The molecule has 0 saturated heterocycles. The number of esters is 1. The number of ether oxygens (including phenoxy) is 2. The summed E-state index contributed by atoms with van der Waals surface area (Å²) in [6, 6.07) is 2.86. The highest BCUT2D eigenvalue weighted by atomic mass is 16.6. The van der Waals surface area contributed by atoms with Crippen molar-refractivity contribution in [3.8, 4) is 11.5 Å². The molecule has 0 bridgehead atoms. The Labute approximate surface area is 117 Å². The van der Waals surface area contributed by atoms with E-state index in [1.54, 1.807) is 6.08 Å². The van der Waals surface area contributed by atoms with Gasteiger partial charge in [0.15, 0.2) is 6.10 Å². The van der Waals surface area contributed by atoms with Crippen LogP contribution in [0.2, 0.25) is 0 Å². The van der Waals surface area contributed by atoms with Gasteiger partial charge in [0.1, 0.15) is 23.2 Å². The van der Waals surface area contributed by atoms with Crippen LogP contribution in [0.4, 0.5) is 0 Å². The van der Waals surface area contributed by atoms with Gasteiger partial charge >= 0.3 is 5.97 Å². The lowest BCUT2D eigenvalue weighted by molar-refractivity contribution is -0.0116. The Morgan fingerprint density at radius 2 is 2.20 bits per heavy atom. The van der Waals surface area contributed by atoms with Crippen molar-refractivity contribution < 1.29 is 24.5 Å². The van der Waals surface area contributed by atoms with E-state index in [4.69, 9.17) is 9.47 Å². The van der Waals surface area contributed by atoms with E-state index in [1.807, 2.05) is 13.0 Å². The fraction of sp³-hybridized carbons (Fsp3) is 0.400. The van der Waals surface area contributed by atoms with Gasteiger partial charge in [-0.3, -0.25) is 0 Å². The zero-order valence-corrected chi connectivity index (χ0v) is 11.5. The van der Waals surface area contributed by atoms with Crippen LogP contribution in [0, 0.1) is 0 Å². The second-order valence-electron chi connectivity index (χ2n) is 4.61. The highest BCUT2D eigenvalue weighted by molar-refractivity contribution is 5.96. The first-order chi connectivity index (χ1) is 9.60. The number of allylic oxidation sites excluding steroid dienone is 1. The zero-order chi connectivity index (χ0) is 14.7. The summed E-state index contributed by atoms with van der Waals surface area (Å²) in [5.74, 6) is -0.471. The number of unbranched alkanes of at least 4 members (excludes halogenated alkanes) is 1. The highest BCUT2D eigenvalue weighted by Gasteiger charge is 2.37. The minimum atomic E-state index is -1.11. The number of hydrogen-bond acceptors (Lipinski definition) is 5. The summed E-state index contributed by atoms with van der Waals surface area (Å²) in [7, 11) is 1.42. The second-order valence-corrected chi connectivity index (χ2v) is 4.61. The SMILES string of the molecule is CCC/C=C/C1OC(=O)c2c(OC)ccc(O)c2C1O. The quantitative estimate of drug-likeness (QED) is 0.653. The van der Waals surface area contributed by atoms with Crippen molar-refractivity contribution in [2.75, 3.05) is 7.11 Å². The molecule has 2 unspecified atom stereocenters. The van der Waals surface area contributed by atoms with Crippen LogP contribution in [-0.4, -0.2) is 29.4 Å². The predicted octanol–water partition coefficient (Wildman–Crippen LogP) is 2.33. The summed E-state index contributed by atoms with van der Waals surface area (Å²) >= 11 is 0. The molecule has 0 aliphatic carbocycles. The van der Waals surface area contributed by atoms with Gasteiger partial charge in [0.05, 0.1) is 7.11 Å². The molecule has 108 valence electrons. The van der Waals surface area contributed by atoms with Crippen LogP contribution in [0.25, 0.3) is 0 Å². The third-order valence-electron chi connectivity index (χ3n) is 3.24. The molecule has 2 rings (SSSR count). The molecular weight excluding hydrogens is 260 g/mol. The van der Waals surface area contributed by atoms with Gasteiger partial charge in [-0.1, -0.05) is 19.4 Å². The number of phenolic OH excluding ortho intramolecular Hbond substituents is 1. The number of cyclic esters (lactones) is 1. The number of phenols is 1. The monoisotopic (exact) mass is 278 g/mol. The first kappa shape index (κ1) is 14.4. The molecule has 1 aromatic carbocycles. The smallest absolute Gasteiger partial charge is 0.343 e. The molecule has 20 heavy (non-hydrogen) atoms. The van der Waals surface area contributed by atoms with Crippen molar-refractivity contribution in [1.29, 1.82) is 0 Å². The van der Waals surface area contributed by atoms with Gasteiger partial charge < -0.3 is 19.7 Å². The molecule has 1 aromatic rings. The summed E-state index contributed by atoms with van der Waals surface area (Å²) in [6.07, 6.45) is 3.39. The second kappa shape index (κ2) is 5.96. The third-order valence-corrected chi connectivity index (χ3v) is 3.24. The van der Waals surface area contributed by atoms with Crippen LogP contribution in [-0.2, 0) is 4.74 Å². The maximum atomic E-state index is 12.0. The predicted molar refractivity (Wildman–Crippen MR) is 72.9 cm³/mol. The van der Waals surface area contributed by atoms with Gasteiger partial charge in [-0.2, -0.15) is 0 Å². The molecule has 1 heterocycles. The Kier molecular flexibility index (Phi) is 4.29. The van der Waals surface area contributed by atoms with Crippen molar-refractivity contribution in [2.45, 2.75) is 32.0 Å². The Morgan fingerprint density at radius 1 is 1.45 bits per heavy atom. The standard InChI is InChI=1S/C15H18O5/c1-3-4-5-6-11-14(17)12-9(16)7-8-10(19-2)13(12)15(18)20-11/h5-8,11,14,16-17H,3-4H2,1-2H3/b6-5+. The lowest BCUT2D eigenvalue weighted by Gasteiger charge is -2.29. The van der Waals surface area contributed by atoms with E-state index in [1.165, 1.54) is 19.2 Å². The van der Waals surface area contributed by atoms with Crippen LogP contribution in [0.5, 0.6) is 11.5 Å². The first-order valence-corrected chi connectivity index (χ1v) is 6.55. The molecule has 0 fully saturated rings. The van der Waals surface area contributed by atoms with E-state index >= 15 is 0 Å². The van der Waals surface area contributed by atoms with Gasteiger partial charge in [0, 0.05) is 5.56 Å². The van der Waals surface area contributed by atoms with E-state index in [0.717, 1.165) is 12.8 Å². The van der Waals surface area contributed by atoms with Crippen molar-refractivity contribution in [2.24, 2.45) is 0 Å². The molecule has 0 amide bonds. The molecule has 2 N–H and O–H groups in total. The van der Waals surface area contributed by atoms with Crippen LogP contribution >= 0.6 is 0 Å². The number of carbonyl (C=O) groups excluding carboxylic acids is 1. The summed E-state index contributed by atoms with van der Waals surface area (Å²) < 4.78 is 10.3. The fourth-order valence-electron chi connectivity index (χ4n) is 2.22. The van der Waals surface area contributed by atoms with Crippen LogP contribution in [0.3, 0.4) is 0 Å². The van der Waals surface area contributed by atoms with Crippen molar-refractivity contribution in [3.05, 3.63) is 35.4 Å². The van der Waals surface area contributed by atoms with Crippen molar-refractivity contribution >= 4 is 5.97 Å². The maximum absolute atomic E-state index is 12.0. The Morgan fingerprint density at radius 3 is 2.85 bits per heavy atom. The van der Waals surface area contributed by atoms with E-state index in [-0.39, 0.29) is 22.6 Å². The van der Waals surface area contributed by atoms with Crippen LogP contribution in [0.1, 0.15) is 41.8 Å². The minimum absolute atomic E-state index is 0.0835. The summed E-state index contributed by atoms with van der Waals surface area (Å²) in [4.78, 5) is 12.0. The molecule has 0 saturated carbocycles. The number of fused-ring (bicyclic) bond motifs is 1. The topological polar surface area (TPSA) is 76.0 Å². The van der Waals surface area contributed by atoms with E-state index in [9.17, 15) is 15.0 Å².